The van der Waals surface area contributed by atoms with Crippen LogP contribution in [0, 0.1) is 11.8 Å². The number of carbonyl (C=O) groups excluding carboxylic acids is 1. The van der Waals surface area contributed by atoms with Crippen LogP contribution in [0.3, 0.4) is 0 Å². The van der Waals surface area contributed by atoms with Gasteiger partial charge < -0.3 is 15.2 Å². The number of hydrogen-bond acceptors (Lipinski definition) is 3. The van der Waals surface area contributed by atoms with Crippen LogP contribution in [0.4, 0.5) is 5.69 Å². The fraction of sp³-hybridized carbons (Fsp3) is 0.357. The Morgan fingerprint density at radius 2 is 2.32 bits per heavy atom. The minimum absolute atomic E-state index is 0.000399. The van der Waals surface area contributed by atoms with E-state index in [1.807, 2.05) is 6.92 Å². The van der Waals surface area contributed by atoms with Crippen molar-refractivity contribution >= 4 is 23.2 Å². The molecular formula is C14H16ClNO3. The van der Waals surface area contributed by atoms with Gasteiger partial charge in [0.25, 0.3) is 0 Å². The molecule has 1 amide bonds. The highest BCUT2D eigenvalue weighted by molar-refractivity contribution is 6.30. The lowest BCUT2D eigenvalue weighted by Crippen LogP contribution is -2.18. The molecule has 0 bridgehead atoms. The summed E-state index contributed by atoms with van der Waals surface area (Å²) in [7, 11) is 0. The van der Waals surface area contributed by atoms with Gasteiger partial charge in [0.05, 0.1) is 12.3 Å². The molecule has 102 valence electrons. The summed E-state index contributed by atoms with van der Waals surface area (Å²) in [5, 5.41) is 11.9. The molecule has 0 radical (unpaired) electrons. The molecule has 0 aliphatic heterocycles. The Bertz CT molecular complexity index is 491. The van der Waals surface area contributed by atoms with Crippen molar-refractivity contribution in [1.29, 1.82) is 0 Å². The summed E-state index contributed by atoms with van der Waals surface area (Å²) in [6, 6.07) is 5.03. The van der Waals surface area contributed by atoms with Crippen molar-refractivity contribution in [2.45, 2.75) is 13.3 Å². The van der Waals surface area contributed by atoms with Gasteiger partial charge >= 0.3 is 0 Å². The largest absolute Gasteiger partial charge is 0.395 e. The quantitative estimate of drug-likeness (QED) is 0.812. The Morgan fingerprint density at radius 1 is 1.53 bits per heavy atom. The van der Waals surface area contributed by atoms with Gasteiger partial charge in [-0.15, -0.1) is 0 Å². The first-order chi connectivity index (χ1) is 9.17. The van der Waals surface area contributed by atoms with Gasteiger partial charge in [0.15, 0.2) is 0 Å². The predicted octanol–water partition coefficient (Wildman–Crippen LogP) is 2.05. The van der Waals surface area contributed by atoms with Crippen LogP contribution >= 0.6 is 11.6 Å². The maximum absolute atomic E-state index is 11.6. The Labute approximate surface area is 117 Å². The van der Waals surface area contributed by atoms with Crippen LogP contribution in [0.1, 0.15) is 18.9 Å². The fourth-order valence-electron chi connectivity index (χ4n) is 1.32. The third kappa shape index (κ3) is 5.75. The number of aliphatic hydroxyl groups excluding tert-OH is 1. The second-order valence-electron chi connectivity index (χ2n) is 3.65. The molecule has 19 heavy (non-hydrogen) atoms. The molecule has 0 aromatic heterocycles. The first kappa shape index (κ1) is 15.5. The van der Waals surface area contributed by atoms with E-state index in [0.29, 0.717) is 29.3 Å². The molecule has 2 N–H and O–H groups in total. The molecule has 0 unspecified atom stereocenters. The molecule has 0 saturated heterocycles. The number of hydrogen-bond donors (Lipinski definition) is 2. The van der Waals surface area contributed by atoms with Crippen molar-refractivity contribution in [3.8, 4) is 11.8 Å². The summed E-state index contributed by atoms with van der Waals surface area (Å²) >= 11 is 5.90. The van der Waals surface area contributed by atoms with Gasteiger partial charge in [0.2, 0.25) is 5.91 Å². The van der Waals surface area contributed by atoms with Crippen LogP contribution in [0.15, 0.2) is 18.2 Å². The van der Waals surface area contributed by atoms with E-state index < -0.39 is 0 Å². The van der Waals surface area contributed by atoms with Crippen LogP contribution in [-0.4, -0.2) is 30.8 Å². The van der Waals surface area contributed by atoms with Crippen molar-refractivity contribution in [2.24, 2.45) is 0 Å². The standard InChI is InChI=1S/C14H16ClNO3/c1-2-19-10-14(18)16-13-7-6-12(15)9-11(13)5-3-4-8-17/h6-7,9,17H,2,4,8,10H2,1H3,(H,16,18). The van der Waals surface area contributed by atoms with Crippen LogP contribution in [0.25, 0.3) is 0 Å². The SMILES string of the molecule is CCOCC(=O)Nc1ccc(Cl)cc1C#CCCO. The summed E-state index contributed by atoms with van der Waals surface area (Å²) < 4.78 is 5.02. The van der Waals surface area contributed by atoms with Gasteiger partial charge in [-0.25, -0.2) is 0 Å². The van der Waals surface area contributed by atoms with E-state index in [1.165, 1.54) is 0 Å². The van der Waals surface area contributed by atoms with E-state index >= 15 is 0 Å². The number of nitrogens with one attached hydrogen (secondary N) is 1. The molecule has 0 spiro atoms. The van der Waals surface area contributed by atoms with Crippen molar-refractivity contribution in [1.82, 2.24) is 0 Å². The van der Waals surface area contributed by atoms with Gasteiger partial charge in [-0.3, -0.25) is 4.79 Å². The van der Waals surface area contributed by atoms with Crippen LogP contribution in [-0.2, 0) is 9.53 Å². The third-order valence-electron chi connectivity index (χ3n) is 2.15. The molecule has 0 aliphatic rings. The Hall–Kier alpha value is -1.54. The lowest BCUT2D eigenvalue weighted by Gasteiger charge is -2.08. The summed E-state index contributed by atoms with van der Waals surface area (Å²) in [5.74, 6) is 5.42. The molecule has 0 heterocycles. The van der Waals surface area contributed by atoms with Gasteiger partial charge in [0.1, 0.15) is 6.61 Å². The van der Waals surface area contributed by atoms with Crippen molar-refractivity contribution in [3.63, 3.8) is 0 Å². The number of halogens is 1. The van der Waals surface area contributed by atoms with Crippen LogP contribution in [0.2, 0.25) is 5.02 Å². The maximum Gasteiger partial charge on any atom is 0.250 e. The summed E-state index contributed by atoms with van der Waals surface area (Å²) in [4.78, 5) is 11.6. The van der Waals surface area contributed by atoms with Gasteiger partial charge in [-0.05, 0) is 25.1 Å². The van der Waals surface area contributed by atoms with Crippen molar-refractivity contribution in [3.05, 3.63) is 28.8 Å². The molecule has 0 aliphatic carbocycles. The third-order valence-corrected chi connectivity index (χ3v) is 2.39. The monoisotopic (exact) mass is 281 g/mol. The molecule has 1 rings (SSSR count). The maximum atomic E-state index is 11.6. The number of rotatable bonds is 5. The number of carbonyl (C=O) groups is 1. The van der Waals surface area contributed by atoms with Crippen LogP contribution < -0.4 is 5.32 Å². The number of ether oxygens (including phenoxy) is 1. The first-order valence-corrected chi connectivity index (χ1v) is 6.32. The highest BCUT2D eigenvalue weighted by Crippen LogP contribution is 2.19. The van der Waals surface area contributed by atoms with Crippen molar-refractivity contribution < 1.29 is 14.6 Å². The molecule has 1 aromatic rings. The van der Waals surface area contributed by atoms with E-state index in [2.05, 4.69) is 17.2 Å². The van der Waals surface area contributed by atoms with E-state index in [1.54, 1.807) is 18.2 Å². The first-order valence-electron chi connectivity index (χ1n) is 5.94. The summed E-state index contributed by atoms with van der Waals surface area (Å²) in [6.07, 6.45) is 0.374. The lowest BCUT2D eigenvalue weighted by molar-refractivity contribution is -0.120. The minimum Gasteiger partial charge on any atom is -0.395 e. The second kappa shape index (κ2) is 8.54. The van der Waals surface area contributed by atoms with Gasteiger partial charge in [0, 0.05) is 23.6 Å². The molecular weight excluding hydrogens is 266 g/mol. The zero-order valence-corrected chi connectivity index (χ0v) is 11.5. The topological polar surface area (TPSA) is 58.6 Å². The smallest absolute Gasteiger partial charge is 0.250 e. The number of anilines is 1. The average molecular weight is 282 g/mol. The lowest BCUT2D eigenvalue weighted by atomic mass is 10.1. The van der Waals surface area contributed by atoms with E-state index in [-0.39, 0.29) is 19.1 Å². The second-order valence-corrected chi connectivity index (χ2v) is 4.09. The highest BCUT2D eigenvalue weighted by Gasteiger charge is 2.06. The summed E-state index contributed by atoms with van der Waals surface area (Å²) in [6.45, 7) is 2.31. The fourth-order valence-corrected chi connectivity index (χ4v) is 1.50. The van der Waals surface area contributed by atoms with Crippen molar-refractivity contribution in [2.75, 3.05) is 25.1 Å². The molecule has 0 fully saturated rings. The molecule has 0 saturated carbocycles. The minimum atomic E-state index is -0.241. The molecule has 0 atom stereocenters. The number of benzene rings is 1. The summed E-state index contributed by atoms with van der Waals surface area (Å²) in [5.41, 5.74) is 1.20. The normalized spacial score (nSPS) is 9.63. The van der Waals surface area contributed by atoms with E-state index in [9.17, 15) is 4.79 Å². The van der Waals surface area contributed by atoms with Gasteiger partial charge in [-0.2, -0.15) is 0 Å². The van der Waals surface area contributed by atoms with E-state index in [4.69, 9.17) is 21.4 Å². The predicted molar refractivity (Wildman–Crippen MR) is 75.2 cm³/mol. The molecule has 4 nitrogen and oxygen atoms in total. The zero-order chi connectivity index (χ0) is 14.1. The van der Waals surface area contributed by atoms with E-state index in [0.717, 1.165) is 0 Å². The molecule has 1 aromatic carbocycles. The number of aliphatic hydroxyl groups is 1. The zero-order valence-electron chi connectivity index (χ0n) is 10.7. The Balaban J connectivity index is 2.82. The number of amides is 1. The van der Waals surface area contributed by atoms with Crippen LogP contribution in [0.5, 0.6) is 0 Å². The average Bonchev–Trinajstić information content (AvgIpc) is 2.39. The Kier molecular flexibility index (Phi) is 6.98. The molecule has 5 heteroatoms. The Morgan fingerprint density at radius 3 is 3.00 bits per heavy atom. The van der Waals surface area contributed by atoms with Gasteiger partial charge in [-0.1, -0.05) is 23.4 Å². The highest BCUT2D eigenvalue weighted by atomic mass is 35.5.